The third-order valence-corrected chi connectivity index (χ3v) is 24.0. The van der Waals surface area contributed by atoms with Gasteiger partial charge in [0.1, 0.15) is 66.1 Å². The highest BCUT2D eigenvalue weighted by molar-refractivity contribution is 8.00. The van der Waals surface area contributed by atoms with Gasteiger partial charge in [-0.25, -0.2) is 0 Å². The first-order valence-electron chi connectivity index (χ1n) is 43.9. The number of hydrogen-bond donors (Lipinski definition) is 15. The van der Waals surface area contributed by atoms with Crippen molar-refractivity contribution in [2.24, 2.45) is 17.4 Å². The summed E-state index contributed by atoms with van der Waals surface area (Å²) in [5.74, 6) is -11.3. The molecule has 34 nitrogen and oxygen atoms in total. The van der Waals surface area contributed by atoms with Crippen molar-refractivity contribution in [2.75, 3.05) is 65.9 Å². The number of carbonyl (C=O) groups excluding carboxylic acids is 14. The van der Waals surface area contributed by atoms with Crippen LogP contribution in [0.3, 0.4) is 0 Å². The lowest BCUT2D eigenvalue weighted by Crippen LogP contribution is -2.61. The number of aromatic hydroxyl groups is 2. The Hall–Kier alpha value is -12.6. The van der Waals surface area contributed by atoms with E-state index in [2.05, 4.69) is 47.5 Å². The zero-order valence-corrected chi connectivity index (χ0v) is 76.0. The number of ketones is 1. The van der Waals surface area contributed by atoms with Crippen LogP contribution in [0.25, 0.3) is 10.9 Å². The Balaban J connectivity index is 0.975. The first-order chi connectivity index (χ1) is 62.1. The van der Waals surface area contributed by atoms with Gasteiger partial charge in [-0.05, 0) is 128 Å². The molecule has 1 fully saturated rings. The van der Waals surface area contributed by atoms with E-state index in [-0.39, 0.29) is 99.7 Å². The minimum atomic E-state index is -1.70. The molecule has 1 aliphatic rings. The number of phenolic OH excluding ortho intramolecular Hbond substituents is 2. The van der Waals surface area contributed by atoms with Crippen LogP contribution in [-0.4, -0.2) is 277 Å². The number of hydrogen-bond acceptors (Lipinski definition) is 21. The Bertz CT molecular complexity index is 4960. The summed E-state index contributed by atoms with van der Waals surface area (Å²) in [6.45, 7) is 6.58. The Labute approximate surface area is 762 Å². The van der Waals surface area contributed by atoms with Crippen molar-refractivity contribution in [1.29, 1.82) is 0 Å². The van der Waals surface area contributed by atoms with Crippen LogP contribution in [0.5, 0.6) is 11.5 Å². The predicted octanol–water partition coefficient (Wildman–Crippen LogP) is 2.73. The molecule has 0 saturated carbocycles. The van der Waals surface area contributed by atoms with Crippen LogP contribution in [0, 0.1) is 5.92 Å². The van der Waals surface area contributed by atoms with Crippen LogP contribution in [0.15, 0.2) is 170 Å². The lowest BCUT2D eigenvalue weighted by molar-refractivity contribution is -0.151. The number of aliphatic hydroxyl groups excluding tert-OH is 2. The minimum absolute atomic E-state index is 0.0318. The van der Waals surface area contributed by atoms with Gasteiger partial charge in [-0.2, -0.15) is 0 Å². The standard InChI is InChI=1S/C95H126N16O18S/c1-10-12-34-79(94(128)107(6)54-83(117)101-76(55-112)89(123)102-70(11-2)92(126)109(8)80(59(5)113)49-61-28-18-14-19-29-61)108(7)95(129)81(50-62-30-20-15-21-31-62)110(9)93(127)75(48-60-26-16-13-17-27-60)100-84(118)57-130-56-77(85(119)99-53-82(97)116)106-86(120)72(45-58(3)4)103-87(121)73(47-64-38-42-67(115)43-39-64)104-88(122)74(51-65-52-98-71-33-23-22-32-68(65)71)105-90(124)78-35-24-25-44-111(78)91(125)69(96)46-63-36-40-66(114)41-37-63/h13-23,26-33,36-43,52,58,69-70,72-81,89,98,102,112,114-115,123H,10-12,24-25,34-35,44-51,53-57,96H2,1-9H3,(H2,97,116)(H,99,119)(H,100,118)(H,101,117)(H,103,121)(H,104,122)(H,105,124)(H,106,120)/t69-,70-,72-,73-,74-,75-,76-,77-,78+,79-,80-,81-,89?/m0/s1. The molecule has 1 aromatic heterocycles. The molecule has 700 valence electrons. The summed E-state index contributed by atoms with van der Waals surface area (Å²) >= 11 is 0.849. The SMILES string of the molecule is CCCC[C@@H](C(=O)N(C)CC(=O)N[C@@H](CO)C(O)N[C@@H](CC)C(=O)N(C)[C@@H](Cc1ccccc1)C(C)=O)N(C)C(=O)[C@H](Cc1ccccc1)N(C)C(=O)[C@H](Cc1ccccc1)NC(=O)CSC[C@H](NC(=O)[C@H](CC(C)C)NC(=O)[C@H](Cc1ccc(O)cc1)NC(=O)[C@H](Cc1c[nH]c2ccccc12)NC(=O)[C@H]1CCCCN1C(=O)[C@@H](N)Cc1ccc(O)cc1)C(=O)NCC(N)=O. The van der Waals surface area contributed by atoms with E-state index in [4.69, 9.17) is 11.5 Å². The average Bonchev–Trinajstić information content (AvgIpc) is 1.78. The topological polar surface area (TPSA) is 500 Å². The summed E-state index contributed by atoms with van der Waals surface area (Å²) in [5, 5.41) is 64.6. The van der Waals surface area contributed by atoms with Crippen molar-refractivity contribution in [3.63, 3.8) is 0 Å². The molecule has 1 aliphatic heterocycles. The van der Waals surface area contributed by atoms with Gasteiger partial charge in [0.2, 0.25) is 76.8 Å². The number of primary amides is 1. The molecule has 35 heteroatoms. The van der Waals surface area contributed by atoms with Crippen LogP contribution in [0.1, 0.15) is 119 Å². The molecular weight excluding hydrogens is 1690 g/mol. The average molecular weight is 1810 g/mol. The molecule has 0 spiro atoms. The molecule has 0 bridgehead atoms. The maximum atomic E-state index is 15.4. The predicted molar refractivity (Wildman–Crippen MR) is 492 cm³/mol. The number of rotatable bonds is 50. The third kappa shape index (κ3) is 30.8. The van der Waals surface area contributed by atoms with Crippen LogP contribution in [0.2, 0.25) is 0 Å². The monoisotopic (exact) mass is 1810 g/mol. The summed E-state index contributed by atoms with van der Waals surface area (Å²) in [4.78, 5) is 211. The summed E-state index contributed by atoms with van der Waals surface area (Å²) in [7, 11) is 5.64. The van der Waals surface area contributed by atoms with Gasteiger partial charge in [-0.15, -0.1) is 11.8 Å². The van der Waals surface area contributed by atoms with Crippen molar-refractivity contribution in [2.45, 2.75) is 203 Å². The molecule has 7 aromatic rings. The van der Waals surface area contributed by atoms with Gasteiger partial charge in [0.25, 0.3) is 0 Å². The number of likely N-dealkylation sites (tertiary alicyclic amines) is 1. The second kappa shape index (κ2) is 51.0. The Morgan fingerprint density at radius 1 is 0.538 bits per heavy atom. The molecule has 13 amide bonds. The molecule has 13 atom stereocenters. The number of thioether (sulfide) groups is 1. The van der Waals surface area contributed by atoms with Gasteiger partial charge in [0.15, 0.2) is 5.78 Å². The number of amides is 13. The van der Waals surface area contributed by atoms with Gasteiger partial charge in [-0.3, -0.25) is 72.4 Å². The quantitative estimate of drug-likeness (QED) is 0.0244. The number of benzene rings is 6. The molecule has 0 aliphatic carbocycles. The van der Waals surface area contributed by atoms with Crippen molar-refractivity contribution < 1.29 is 87.5 Å². The maximum Gasteiger partial charge on any atom is 0.246 e. The van der Waals surface area contributed by atoms with Crippen molar-refractivity contribution in [1.82, 2.24) is 72.0 Å². The van der Waals surface area contributed by atoms with E-state index < -0.39 is 181 Å². The summed E-state index contributed by atoms with van der Waals surface area (Å²) in [6, 6.07) is 30.7. The van der Waals surface area contributed by atoms with E-state index >= 15 is 19.2 Å². The largest absolute Gasteiger partial charge is 0.508 e. The Morgan fingerprint density at radius 2 is 1.05 bits per heavy atom. The number of likely N-dealkylation sites (N-methyl/N-ethyl adjacent to an activating group) is 4. The fraction of sp³-hybridized carbons (Fsp3) is 0.453. The van der Waals surface area contributed by atoms with Crippen molar-refractivity contribution in [3.8, 4) is 11.5 Å². The molecule has 1 saturated heterocycles. The molecule has 17 N–H and O–H groups in total. The highest BCUT2D eigenvalue weighted by atomic mass is 32.2. The second-order valence-corrected chi connectivity index (χ2v) is 34.5. The molecule has 130 heavy (non-hydrogen) atoms. The molecular formula is C95H126N16O18S. The number of Topliss-reactive ketones (excluding diaryl/α,β-unsaturated/α-hetero) is 1. The van der Waals surface area contributed by atoms with Gasteiger partial charge in [0, 0.05) is 83.3 Å². The van der Waals surface area contributed by atoms with Gasteiger partial charge in [0.05, 0.1) is 49.6 Å². The smallest absolute Gasteiger partial charge is 0.246 e. The number of para-hydroxylation sites is 1. The maximum absolute atomic E-state index is 15.4. The number of fused-ring (bicyclic) bond motifs is 1. The number of nitrogens with zero attached hydrogens (tertiary/aromatic N) is 5. The summed E-state index contributed by atoms with van der Waals surface area (Å²) < 4.78 is 0. The van der Waals surface area contributed by atoms with Gasteiger partial charge >= 0.3 is 0 Å². The Morgan fingerprint density at radius 3 is 1.62 bits per heavy atom. The number of carbonyl (C=O) groups is 14. The van der Waals surface area contributed by atoms with Crippen LogP contribution < -0.4 is 54.0 Å². The number of aliphatic hydroxyl groups is 2. The Kier molecular flexibility index (Phi) is 40.3. The highest BCUT2D eigenvalue weighted by Crippen LogP contribution is 2.26. The summed E-state index contributed by atoms with van der Waals surface area (Å²) in [5.41, 5.74) is 16.5. The lowest BCUT2D eigenvalue weighted by atomic mass is 9.97. The minimum Gasteiger partial charge on any atom is -0.508 e. The van der Waals surface area contributed by atoms with Crippen LogP contribution in [0.4, 0.5) is 0 Å². The third-order valence-electron chi connectivity index (χ3n) is 23.0. The van der Waals surface area contributed by atoms with E-state index in [0.29, 0.717) is 53.5 Å². The van der Waals surface area contributed by atoms with E-state index in [9.17, 15) is 68.4 Å². The molecule has 1 unspecified atom stereocenters. The molecule has 0 radical (unpaired) electrons. The first kappa shape index (κ1) is 103. The van der Waals surface area contributed by atoms with E-state index in [1.807, 2.05) is 61.5 Å². The van der Waals surface area contributed by atoms with E-state index in [0.717, 1.165) is 33.1 Å². The van der Waals surface area contributed by atoms with E-state index in [1.165, 1.54) is 91.1 Å². The highest BCUT2D eigenvalue weighted by Gasteiger charge is 2.42. The fourth-order valence-electron chi connectivity index (χ4n) is 15.7. The number of aromatic amines is 1. The van der Waals surface area contributed by atoms with Crippen molar-refractivity contribution in [3.05, 3.63) is 203 Å². The van der Waals surface area contributed by atoms with Gasteiger partial charge < -0.3 is 98.6 Å². The van der Waals surface area contributed by atoms with E-state index in [1.54, 1.807) is 99.8 Å². The number of H-pyrrole nitrogens is 1. The van der Waals surface area contributed by atoms with Crippen LogP contribution >= 0.6 is 11.8 Å². The summed E-state index contributed by atoms with van der Waals surface area (Å²) in [6.07, 6.45) is 2.37. The number of phenols is 2. The number of nitrogens with one attached hydrogen (secondary N) is 9. The zero-order valence-electron chi connectivity index (χ0n) is 75.2. The zero-order chi connectivity index (χ0) is 94.8. The fourth-order valence-corrected chi connectivity index (χ4v) is 16.5. The first-order valence-corrected chi connectivity index (χ1v) is 45.1. The van der Waals surface area contributed by atoms with Crippen LogP contribution in [-0.2, 0) is 106 Å². The normalized spacial score (nSPS) is 15.3. The van der Waals surface area contributed by atoms with Gasteiger partial charge in [-0.1, -0.05) is 174 Å². The second-order valence-electron chi connectivity index (χ2n) is 33.5. The molecule has 2 heterocycles. The number of unbranched alkanes of at least 4 members (excludes halogenated alkanes) is 1. The van der Waals surface area contributed by atoms with Crippen molar-refractivity contribution >= 4 is 105 Å². The number of aromatic nitrogens is 1. The number of piperidine rings is 1. The molecule has 6 aromatic carbocycles. The molecule has 8 rings (SSSR count). The number of nitrogens with two attached hydrogens (primary N) is 2. The lowest BCUT2D eigenvalue weighted by Gasteiger charge is -2.37.